The first-order valence-corrected chi connectivity index (χ1v) is 6.78. The molecular weight excluding hydrogens is 256 g/mol. The van der Waals surface area contributed by atoms with Crippen molar-refractivity contribution in [3.05, 3.63) is 24.5 Å². The van der Waals surface area contributed by atoms with Gasteiger partial charge in [-0.2, -0.15) is 4.72 Å². The van der Waals surface area contributed by atoms with E-state index in [2.05, 4.69) is 9.71 Å². The molecule has 0 saturated heterocycles. The number of aliphatic carboxylic acids is 1. The number of carboxylic acids is 1. The molecule has 18 heavy (non-hydrogen) atoms. The summed E-state index contributed by atoms with van der Waals surface area (Å²) in [5, 5.41) is 9.08. The second-order valence-corrected chi connectivity index (χ2v) is 6.66. The lowest BCUT2D eigenvalue weighted by molar-refractivity contribution is -0.141. The first-order valence-electron chi connectivity index (χ1n) is 5.30. The molecule has 1 rings (SSSR count). The molecule has 1 aromatic rings. The van der Waals surface area contributed by atoms with E-state index in [9.17, 15) is 13.2 Å². The molecule has 6 nitrogen and oxygen atoms in total. The number of nitrogens with zero attached hydrogens (tertiary/aromatic N) is 1. The van der Waals surface area contributed by atoms with Crippen molar-refractivity contribution in [3.63, 3.8) is 0 Å². The molecule has 0 aliphatic heterocycles. The monoisotopic (exact) mass is 272 g/mol. The minimum Gasteiger partial charge on any atom is -0.480 e. The second-order valence-electron chi connectivity index (χ2n) is 4.95. The topological polar surface area (TPSA) is 96.4 Å². The molecule has 2 N–H and O–H groups in total. The lowest BCUT2D eigenvalue weighted by Gasteiger charge is -2.27. The van der Waals surface area contributed by atoms with Gasteiger partial charge in [0.1, 0.15) is 10.9 Å². The number of carboxylic acid groups (broad SMARTS) is 1. The highest BCUT2D eigenvalue weighted by molar-refractivity contribution is 7.89. The quantitative estimate of drug-likeness (QED) is 0.847. The third-order valence-electron chi connectivity index (χ3n) is 2.33. The van der Waals surface area contributed by atoms with E-state index in [0.29, 0.717) is 0 Å². The molecule has 0 bridgehead atoms. The van der Waals surface area contributed by atoms with Crippen molar-refractivity contribution in [1.82, 2.24) is 9.71 Å². The average molecular weight is 272 g/mol. The molecule has 1 unspecified atom stereocenters. The van der Waals surface area contributed by atoms with Crippen LogP contribution < -0.4 is 4.72 Å². The van der Waals surface area contributed by atoms with Crippen molar-refractivity contribution in [2.45, 2.75) is 31.7 Å². The van der Waals surface area contributed by atoms with Gasteiger partial charge in [0.05, 0.1) is 0 Å². The van der Waals surface area contributed by atoms with E-state index in [1.54, 1.807) is 20.8 Å². The summed E-state index contributed by atoms with van der Waals surface area (Å²) in [5.74, 6) is -1.21. The molecule has 1 atom stereocenters. The SMILES string of the molecule is CC(C)(C)C(NS(=O)(=O)c1cccnc1)C(=O)O. The standard InChI is InChI=1S/C11H16N2O4S/c1-11(2,3)9(10(14)15)13-18(16,17)8-5-4-6-12-7-8/h4-7,9,13H,1-3H3,(H,14,15). The summed E-state index contributed by atoms with van der Waals surface area (Å²) in [6.07, 6.45) is 2.61. The maximum Gasteiger partial charge on any atom is 0.322 e. The normalized spacial score (nSPS) is 14.2. The molecule has 0 saturated carbocycles. The molecule has 0 amide bonds. The Morgan fingerprint density at radius 2 is 2.06 bits per heavy atom. The van der Waals surface area contributed by atoms with Gasteiger partial charge in [0.15, 0.2) is 0 Å². The van der Waals surface area contributed by atoms with E-state index in [4.69, 9.17) is 5.11 Å². The molecule has 1 heterocycles. The predicted octanol–water partition coefficient (Wildman–Crippen LogP) is 0.859. The molecule has 1 aromatic heterocycles. The summed E-state index contributed by atoms with van der Waals surface area (Å²) in [4.78, 5) is 14.8. The van der Waals surface area contributed by atoms with Crippen LogP contribution in [0.2, 0.25) is 0 Å². The van der Waals surface area contributed by atoms with Gasteiger partial charge >= 0.3 is 5.97 Å². The van der Waals surface area contributed by atoms with E-state index < -0.39 is 27.4 Å². The Hall–Kier alpha value is -1.47. The zero-order valence-electron chi connectivity index (χ0n) is 10.4. The van der Waals surface area contributed by atoms with Gasteiger partial charge in [-0.1, -0.05) is 20.8 Å². The number of sulfonamides is 1. The van der Waals surface area contributed by atoms with E-state index >= 15 is 0 Å². The Morgan fingerprint density at radius 1 is 1.44 bits per heavy atom. The molecule has 0 aliphatic carbocycles. The molecule has 0 radical (unpaired) electrons. The summed E-state index contributed by atoms with van der Waals surface area (Å²) in [6, 6.07) is 1.63. The van der Waals surface area contributed by atoms with E-state index in [1.165, 1.54) is 24.5 Å². The van der Waals surface area contributed by atoms with Crippen LogP contribution in [0.15, 0.2) is 29.4 Å². The maximum absolute atomic E-state index is 12.0. The predicted molar refractivity (Wildman–Crippen MR) is 65.4 cm³/mol. The number of hydrogen-bond acceptors (Lipinski definition) is 4. The van der Waals surface area contributed by atoms with Crippen LogP contribution in [-0.4, -0.2) is 30.5 Å². The molecule has 100 valence electrons. The molecule has 0 aliphatic rings. The van der Waals surface area contributed by atoms with Crippen molar-refractivity contribution < 1.29 is 18.3 Å². The maximum atomic E-state index is 12.0. The fraction of sp³-hybridized carbons (Fsp3) is 0.455. The number of hydrogen-bond donors (Lipinski definition) is 2. The Balaban J connectivity index is 3.06. The highest BCUT2D eigenvalue weighted by Gasteiger charge is 2.35. The van der Waals surface area contributed by atoms with Gasteiger partial charge in [-0.15, -0.1) is 0 Å². The highest BCUT2D eigenvalue weighted by Crippen LogP contribution is 2.21. The van der Waals surface area contributed by atoms with Gasteiger partial charge in [-0.05, 0) is 17.5 Å². The first-order chi connectivity index (χ1) is 8.14. The number of pyridine rings is 1. The van der Waals surface area contributed by atoms with E-state index in [1.807, 2.05) is 0 Å². The molecular formula is C11H16N2O4S. The van der Waals surface area contributed by atoms with Crippen LogP contribution in [0, 0.1) is 5.41 Å². The van der Waals surface area contributed by atoms with Gasteiger partial charge in [-0.25, -0.2) is 8.42 Å². The smallest absolute Gasteiger partial charge is 0.322 e. The Labute approximate surface area is 106 Å². The summed E-state index contributed by atoms with van der Waals surface area (Å²) < 4.78 is 26.1. The molecule has 7 heteroatoms. The molecule has 0 spiro atoms. The van der Waals surface area contributed by atoms with Crippen molar-refractivity contribution in [2.24, 2.45) is 5.41 Å². The van der Waals surface area contributed by atoms with Crippen molar-refractivity contribution in [1.29, 1.82) is 0 Å². The zero-order chi connectivity index (χ0) is 14.0. The molecule has 0 fully saturated rings. The van der Waals surface area contributed by atoms with Gasteiger partial charge < -0.3 is 5.11 Å². The lowest BCUT2D eigenvalue weighted by Crippen LogP contribution is -2.48. The molecule has 0 aromatic carbocycles. The minimum absolute atomic E-state index is 0.0551. The van der Waals surface area contributed by atoms with Crippen molar-refractivity contribution in [3.8, 4) is 0 Å². The summed E-state index contributed by atoms with van der Waals surface area (Å²) in [5.41, 5.74) is -0.735. The van der Waals surface area contributed by atoms with Crippen molar-refractivity contribution >= 4 is 16.0 Å². The van der Waals surface area contributed by atoms with Gasteiger partial charge in [0.25, 0.3) is 0 Å². The zero-order valence-corrected chi connectivity index (χ0v) is 11.2. The minimum atomic E-state index is -3.88. The van der Waals surface area contributed by atoms with Crippen LogP contribution in [0.4, 0.5) is 0 Å². The fourth-order valence-electron chi connectivity index (χ4n) is 1.33. The average Bonchev–Trinajstić information content (AvgIpc) is 2.25. The van der Waals surface area contributed by atoms with Crippen LogP contribution >= 0.6 is 0 Å². The summed E-state index contributed by atoms with van der Waals surface area (Å²) in [7, 11) is -3.88. The van der Waals surface area contributed by atoms with E-state index in [-0.39, 0.29) is 4.90 Å². The number of carbonyl (C=O) groups is 1. The van der Waals surface area contributed by atoms with Crippen LogP contribution in [0.5, 0.6) is 0 Å². The van der Waals surface area contributed by atoms with Crippen LogP contribution in [0.1, 0.15) is 20.8 Å². The van der Waals surface area contributed by atoms with E-state index in [0.717, 1.165) is 0 Å². The number of rotatable bonds is 4. The first kappa shape index (κ1) is 14.6. The van der Waals surface area contributed by atoms with Gasteiger partial charge in [0.2, 0.25) is 10.0 Å². The Morgan fingerprint density at radius 3 is 2.44 bits per heavy atom. The van der Waals surface area contributed by atoms with Gasteiger partial charge in [-0.3, -0.25) is 9.78 Å². The summed E-state index contributed by atoms with van der Waals surface area (Å²) >= 11 is 0. The fourth-order valence-corrected chi connectivity index (χ4v) is 2.68. The Kier molecular flexibility index (Phi) is 4.08. The lowest BCUT2D eigenvalue weighted by atomic mass is 9.88. The summed E-state index contributed by atoms with van der Waals surface area (Å²) in [6.45, 7) is 4.95. The van der Waals surface area contributed by atoms with Crippen molar-refractivity contribution in [2.75, 3.05) is 0 Å². The highest BCUT2D eigenvalue weighted by atomic mass is 32.2. The van der Waals surface area contributed by atoms with Crippen LogP contribution in [0.25, 0.3) is 0 Å². The largest absolute Gasteiger partial charge is 0.480 e. The number of aromatic nitrogens is 1. The third-order valence-corrected chi connectivity index (χ3v) is 3.74. The van der Waals surface area contributed by atoms with Crippen LogP contribution in [0.3, 0.4) is 0 Å². The number of nitrogens with one attached hydrogen (secondary N) is 1. The second kappa shape index (κ2) is 5.03. The van der Waals surface area contributed by atoms with Crippen LogP contribution in [-0.2, 0) is 14.8 Å². The Bertz CT molecular complexity index is 520. The third kappa shape index (κ3) is 3.51. The van der Waals surface area contributed by atoms with Gasteiger partial charge in [0, 0.05) is 12.4 Å².